The fourth-order valence-corrected chi connectivity index (χ4v) is 1.05. The van der Waals surface area contributed by atoms with E-state index < -0.39 is 0 Å². The molecule has 2 N–H and O–H groups in total. The van der Waals surface area contributed by atoms with E-state index in [0.717, 1.165) is 11.2 Å². The van der Waals surface area contributed by atoms with Gasteiger partial charge in [0.05, 0.1) is 11.8 Å². The van der Waals surface area contributed by atoms with E-state index in [9.17, 15) is 0 Å². The summed E-state index contributed by atoms with van der Waals surface area (Å²) in [7, 11) is 0. The van der Waals surface area contributed by atoms with Crippen molar-refractivity contribution < 1.29 is 0 Å². The molecule has 0 aromatic carbocycles. The van der Waals surface area contributed by atoms with Crippen molar-refractivity contribution in [3.05, 3.63) is 49.2 Å². The average molecular weight is 186 g/mol. The Balaban J connectivity index is 0.000000128. The van der Waals surface area contributed by atoms with E-state index in [1.54, 1.807) is 12.5 Å². The molecule has 0 unspecified atom stereocenters. The number of rotatable bonds is 0. The molecule has 70 valence electrons. The van der Waals surface area contributed by atoms with Gasteiger partial charge in [0.25, 0.3) is 0 Å². The van der Waals surface area contributed by atoms with E-state index in [0.29, 0.717) is 0 Å². The van der Waals surface area contributed by atoms with Crippen LogP contribution in [0.15, 0.2) is 49.2 Å². The number of aromatic nitrogens is 4. The number of hydrogen-bond acceptors (Lipinski definition) is 2. The Kier molecular flexibility index (Phi) is 2.56. The van der Waals surface area contributed by atoms with Crippen LogP contribution in [-0.4, -0.2) is 19.9 Å². The van der Waals surface area contributed by atoms with Gasteiger partial charge in [-0.2, -0.15) is 0 Å². The monoisotopic (exact) mass is 186 g/mol. The predicted molar refractivity (Wildman–Crippen MR) is 54.7 cm³/mol. The van der Waals surface area contributed by atoms with Gasteiger partial charge >= 0.3 is 0 Å². The number of pyridine rings is 1. The Morgan fingerprint density at radius 2 is 1.86 bits per heavy atom. The van der Waals surface area contributed by atoms with Crippen LogP contribution >= 0.6 is 0 Å². The van der Waals surface area contributed by atoms with Gasteiger partial charge in [0.2, 0.25) is 0 Å². The van der Waals surface area contributed by atoms with Crippen molar-refractivity contribution in [2.75, 3.05) is 0 Å². The zero-order chi connectivity index (χ0) is 9.64. The first-order chi connectivity index (χ1) is 6.97. The lowest BCUT2D eigenvalue weighted by Gasteiger charge is -1.80. The van der Waals surface area contributed by atoms with Gasteiger partial charge in [-0.25, -0.2) is 9.97 Å². The number of imidazole rings is 1. The second-order valence-corrected chi connectivity index (χ2v) is 2.66. The largest absolute Gasteiger partial charge is 0.368 e. The molecule has 0 spiro atoms. The lowest BCUT2D eigenvalue weighted by molar-refractivity contribution is 1.30. The Labute approximate surface area is 81.0 Å². The standard InChI is InChI=1S/C6H5N3.C4H5N/c1-2-5-6(7-3-1)9-4-8-5;1-2-4-5-3-1/h1-4H,(H,7,8,9);1-5H. The molecule has 0 aliphatic heterocycles. The van der Waals surface area contributed by atoms with E-state index in [1.165, 1.54) is 0 Å². The molecule has 0 aliphatic carbocycles. The molecule has 3 aromatic rings. The minimum absolute atomic E-state index is 0.775. The smallest absolute Gasteiger partial charge is 0.177 e. The average Bonchev–Trinajstić information content (AvgIpc) is 2.92. The van der Waals surface area contributed by atoms with E-state index in [2.05, 4.69) is 19.9 Å². The third-order valence-electron chi connectivity index (χ3n) is 1.69. The molecule has 4 heteroatoms. The van der Waals surface area contributed by atoms with Crippen molar-refractivity contribution >= 4 is 11.2 Å². The van der Waals surface area contributed by atoms with Gasteiger partial charge in [0, 0.05) is 18.6 Å². The molecule has 4 nitrogen and oxygen atoms in total. The lowest BCUT2D eigenvalue weighted by atomic mass is 10.4. The summed E-state index contributed by atoms with van der Waals surface area (Å²) in [5.74, 6) is 0. The maximum atomic E-state index is 4.00. The van der Waals surface area contributed by atoms with Gasteiger partial charge in [-0.3, -0.25) is 0 Å². The predicted octanol–water partition coefficient (Wildman–Crippen LogP) is 1.97. The second kappa shape index (κ2) is 4.23. The first-order valence-corrected chi connectivity index (χ1v) is 4.28. The third kappa shape index (κ3) is 1.98. The number of H-pyrrole nitrogens is 2. The Morgan fingerprint density at radius 1 is 1.00 bits per heavy atom. The van der Waals surface area contributed by atoms with Crippen LogP contribution in [0.3, 0.4) is 0 Å². The van der Waals surface area contributed by atoms with Gasteiger partial charge < -0.3 is 9.97 Å². The van der Waals surface area contributed by atoms with Crippen LogP contribution in [0.1, 0.15) is 0 Å². The molecule has 0 saturated carbocycles. The minimum Gasteiger partial charge on any atom is -0.368 e. The SMILES string of the molecule is c1cc[nH]c1.c1cnc2nc[nH]c2c1. The molecule has 0 saturated heterocycles. The molecule has 0 bridgehead atoms. The summed E-state index contributed by atoms with van der Waals surface area (Å²) < 4.78 is 0. The summed E-state index contributed by atoms with van der Waals surface area (Å²) in [6, 6.07) is 7.70. The number of hydrogen-bond donors (Lipinski definition) is 2. The van der Waals surface area contributed by atoms with E-state index >= 15 is 0 Å². The van der Waals surface area contributed by atoms with E-state index in [-0.39, 0.29) is 0 Å². The molecule has 0 amide bonds. The van der Waals surface area contributed by atoms with Crippen LogP contribution in [0.4, 0.5) is 0 Å². The Morgan fingerprint density at radius 3 is 2.50 bits per heavy atom. The van der Waals surface area contributed by atoms with Crippen molar-refractivity contribution in [3.63, 3.8) is 0 Å². The second-order valence-electron chi connectivity index (χ2n) is 2.66. The molecule has 0 radical (unpaired) electrons. The zero-order valence-electron chi connectivity index (χ0n) is 7.51. The van der Waals surface area contributed by atoms with Gasteiger partial charge in [0.15, 0.2) is 5.65 Å². The number of nitrogens with one attached hydrogen (secondary N) is 2. The quantitative estimate of drug-likeness (QED) is 0.564. The van der Waals surface area contributed by atoms with Crippen molar-refractivity contribution in [1.82, 2.24) is 19.9 Å². The zero-order valence-corrected chi connectivity index (χ0v) is 7.51. The fraction of sp³-hybridized carbons (Fsp3) is 0. The van der Waals surface area contributed by atoms with Crippen LogP contribution in [-0.2, 0) is 0 Å². The van der Waals surface area contributed by atoms with Gasteiger partial charge in [0.1, 0.15) is 0 Å². The summed E-state index contributed by atoms with van der Waals surface area (Å²) >= 11 is 0. The third-order valence-corrected chi connectivity index (χ3v) is 1.69. The molecule has 0 atom stereocenters. The van der Waals surface area contributed by atoms with Crippen LogP contribution in [0.2, 0.25) is 0 Å². The van der Waals surface area contributed by atoms with Crippen LogP contribution < -0.4 is 0 Å². The highest BCUT2D eigenvalue weighted by Gasteiger charge is 1.90. The molecule has 3 heterocycles. The first-order valence-electron chi connectivity index (χ1n) is 4.28. The normalized spacial score (nSPS) is 9.43. The van der Waals surface area contributed by atoms with E-state index in [4.69, 9.17) is 0 Å². The molecule has 0 aliphatic rings. The topological polar surface area (TPSA) is 57.4 Å². The maximum absolute atomic E-state index is 4.00. The summed E-state index contributed by atoms with van der Waals surface area (Å²) in [6.07, 6.45) is 7.11. The Hall–Kier alpha value is -2.10. The summed E-state index contributed by atoms with van der Waals surface area (Å²) in [5.41, 5.74) is 1.76. The Bertz CT molecular complexity index is 422. The molecule has 3 rings (SSSR count). The van der Waals surface area contributed by atoms with Crippen molar-refractivity contribution in [1.29, 1.82) is 0 Å². The van der Waals surface area contributed by atoms with Crippen molar-refractivity contribution in [2.45, 2.75) is 0 Å². The molecular weight excluding hydrogens is 176 g/mol. The van der Waals surface area contributed by atoms with Crippen LogP contribution in [0, 0.1) is 0 Å². The summed E-state index contributed by atoms with van der Waals surface area (Å²) in [5, 5.41) is 0. The molecular formula is C10H10N4. The summed E-state index contributed by atoms with van der Waals surface area (Å²) in [4.78, 5) is 13.8. The highest BCUT2D eigenvalue weighted by Crippen LogP contribution is 2.01. The summed E-state index contributed by atoms with van der Waals surface area (Å²) in [6.45, 7) is 0. The van der Waals surface area contributed by atoms with Crippen molar-refractivity contribution in [3.8, 4) is 0 Å². The van der Waals surface area contributed by atoms with Crippen LogP contribution in [0.5, 0.6) is 0 Å². The highest BCUT2D eigenvalue weighted by molar-refractivity contribution is 5.68. The highest BCUT2D eigenvalue weighted by atomic mass is 14.9. The van der Waals surface area contributed by atoms with Crippen molar-refractivity contribution in [2.24, 2.45) is 0 Å². The number of nitrogens with zero attached hydrogens (tertiary/aromatic N) is 2. The minimum atomic E-state index is 0.775. The number of fused-ring (bicyclic) bond motifs is 1. The van der Waals surface area contributed by atoms with Gasteiger partial charge in [-0.15, -0.1) is 0 Å². The van der Waals surface area contributed by atoms with Gasteiger partial charge in [-0.1, -0.05) is 0 Å². The fourth-order valence-electron chi connectivity index (χ4n) is 1.05. The molecule has 14 heavy (non-hydrogen) atoms. The number of aromatic amines is 2. The first kappa shape index (κ1) is 8.50. The van der Waals surface area contributed by atoms with Gasteiger partial charge in [-0.05, 0) is 24.3 Å². The molecule has 3 aromatic heterocycles. The molecule has 0 fully saturated rings. The van der Waals surface area contributed by atoms with E-state index in [1.807, 2.05) is 36.7 Å². The van der Waals surface area contributed by atoms with Crippen LogP contribution in [0.25, 0.3) is 11.2 Å². The lowest BCUT2D eigenvalue weighted by Crippen LogP contribution is -1.71. The maximum Gasteiger partial charge on any atom is 0.177 e.